The van der Waals surface area contributed by atoms with Crippen molar-refractivity contribution >= 4 is 5.78 Å². The Hall–Kier alpha value is -0.450. The van der Waals surface area contributed by atoms with Gasteiger partial charge in [0.25, 0.3) is 0 Å². The van der Waals surface area contributed by atoms with Crippen LogP contribution in [0.1, 0.15) is 32.6 Å². The van der Waals surface area contributed by atoms with Crippen molar-refractivity contribution in [2.45, 2.75) is 38.7 Å². The van der Waals surface area contributed by atoms with Crippen LogP contribution in [0, 0.1) is 5.92 Å². The molecule has 0 amide bonds. The Morgan fingerprint density at radius 2 is 2.33 bits per heavy atom. The van der Waals surface area contributed by atoms with Gasteiger partial charge in [-0.3, -0.25) is 9.69 Å². The van der Waals surface area contributed by atoms with Gasteiger partial charge in [-0.1, -0.05) is 6.92 Å². The minimum absolute atomic E-state index is 0.141. The van der Waals surface area contributed by atoms with Gasteiger partial charge in [0, 0.05) is 25.7 Å². The fourth-order valence-corrected chi connectivity index (χ4v) is 2.72. The first kappa shape index (κ1) is 14.0. The SMILES string of the molecule is CCCOC1CCCN(CC(=O)C2CCOC2)C1. The lowest BCUT2D eigenvalue weighted by molar-refractivity contribution is -0.125. The van der Waals surface area contributed by atoms with Crippen LogP contribution in [0.5, 0.6) is 0 Å². The molecule has 4 heteroatoms. The van der Waals surface area contributed by atoms with E-state index in [-0.39, 0.29) is 5.92 Å². The second-order valence-corrected chi connectivity index (χ2v) is 5.40. The van der Waals surface area contributed by atoms with E-state index in [2.05, 4.69) is 11.8 Å². The highest BCUT2D eigenvalue weighted by atomic mass is 16.5. The number of hydrogen-bond donors (Lipinski definition) is 0. The van der Waals surface area contributed by atoms with E-state index >= 15 is 0 Å². The minimum atomic E-state index is 0.141. The smallest absolute Gasteiger partial charge is 0.152 e. The second kappa shape index (κ2) is 7.22. The Kier molecular flexibility index (Phi) is 5.60. The first-order valence-electron chi connectivity index (χ1n) is 7.24. The van der Waals surface area contributed by atoms with Gasteiger partial charge in [0.05, 0.1) is 19.3 Å². The minimum Gasteiger partial charge on any atom is -0.381 e. The van der Waals surface area contributed by atoms with Crippen LogP contribution < -0.4 is 0 Å². The number of Topliss-reactive ketones (excluding diaryl/α,β-unsaturated/α-hetero) is 1. The molecular weight excluding hydrogens is 230 g/mol. The quantitative estimate of drug-likeness (QED) is 0.720. The predicted molar refractivity (Wildman–Crippen MR) is 69.6 cm³/mol. The maximum absolute atomic E-state index is 12.1. The molecular formula is C14H25NO3. The molecule has 0 bridgehead atoms. The van der Waals surface area contributed by atoms with Gasteiger partial charge in [-0.15, -0.1) is 0 Å². The topological polar surface area (TPSA) is 38.8 Å². The predicted octanol–water partition coefficient (Wildman–Crippen LogP) is 1.48. The summed E-state index contributed by atoms with van der Waals surface area (Å²) in [6.07, 6.45) is 4.57. The summed E-state index contributed by atoms with van der Waals surface area (Å²) in [5.74, 6) is 0.491. The zero-order valence-corrected chi connectivity index (χ0v) is 11.4. The molecule has 0 saturated carbocycles. The molecule has 4 nitrogen and oxygen atoms in total. The number of hydrogen-bond acceptors (Lipinski definition) is 4. The molecule has 2 heterocycles. The Bertz CT molecular complexity index is 264. The number of carbonyl (C=O) groups is 1. The van der Waals surface area contributed by atoms with Crippen LogP contribution in [-0.2, 0) is 14.3 Å². The summed E-state index contributed by atoms with van der Waals surface area (Å²) in [6.45, 7) is 6.87. The lowest BCUT2D eigenvalue weighted by atomic mass is 10.0. The molecule has 2 saturated heterocycles. The third-order valence-electron chi connectivity index (χ3n) is 3.78. The van der Waals surface area contributed by atoms with Crippen LogP contribution in [0.4, 0.5) is 0 Å². The summed E-state index contributed by atoms with van der Waals surface area (Å²) in [6, 6.07) is 0. The number of ketones is 1. The van der Waals surface area contributed by atoms with E-state index in [0.29, 0.717) is 25.0 Å². The molecule has 2 unspecified atom stereocenters. The number of likely N-dealkylation sites (tertiary alicyclic amines) is 1. The fraction of sp³-hybridized carbons (Fsp3) is 0.929. The molecule has 2 fully saturated rings. The molecule has 0 N–H and O–H groups in total. The lowest BCUT2D eigenvalue weighted by Gasteiger charge is -2.32. The van der Waals surface area contributed by atoms with Gasteiger partial charge in [-0.25, -0.2) is 0 Å². The highest BCUT2D eigenvalue weighted by Gasteiger charge is 2.27. The summed E-state index contributed by atoms with van der Waals surface area (Å²) in [5.41, 5.74) is 0. The molecule has 2 atom stereocenters. The van der Waals surface area contributed by atoms with E-state index in [1.165, 1.54) is 0 Å². The van der Waals surface area contributed by atoms with Crippen molar-refractivity contribution in [3.05, 3.63) is 0 Å². The van der Waals surface area contributed by atoms with E-state index in [1.54, 1.807) is 0 Å². The summed E-state index contributed by atoms with van der Waals surface area (Å²) in [5, 5.41) is 0. The second-order valence-electron chi connectivity index (χ2n) is 5.40. The molecule has 0 radical (unpaired) electrons. The van der Waals surface area contributed by atoms with E-state index < -0.39 is 0 Å². The van der Waals surface area contributed by atoms with Crippen LogP contribution in [0.25, 0.3) is 0 Å². The zero-order chi connectivity index (χ0) is 12.8. The number of ether oxygens (including phenoxy) is 2. The maximum atomic E-state index is 12.1. The van der Waals surface area contributed by atoms with Gasteiger partial charge in [0.1, 0.15) is 0 Å². The molecule has 104 valence electrons. The third-order valence-corrected chi connectivity index (χ3v) is 3.78. The summed E-state index contributed by atoms with van der Waals surface area (Å²) < 4.78 is 11.1. The van der Waals surface area contributed by atoms with Gasteiger partial charge in [-0.2, -0.15) is 0 Å². The van der Waals surface area contributed by atoms with Crippen LogP contribution >= 0.6 is 0 Å². The number of nitrogens with zero attached hydrogens (tertiary/aromatic N) is 1. The Morgan fingerprint density at radius 1 is 1.44 bits per heavy atom. The highest BCUT2D eigenvalue weighted by Crippen LogP contribution is 2.17. The highest BCUT2D eigenvalue weighted by molar-refractivity contribution is 5.83. The summed E-state index contributed by atoms with van der Waals surface area (Å²) in [7, 11) is 0. The molecule has 0 aliphatic carbocycles. The molecule has 0 aromatic carbocycles. The van der Waals surface area contributed by atoms with E-state index in [4.69, 9.17) is 9.47 Å². The van der Waals surface area contributed by atoms with Crippen LogP contribution in [0.2, 0.25) is 0 Å². The van der Waals surface area contributed by atoms with Crippen molar-refractivity contribution in [1.29, 1.82) is 0 Å². The fourth-order valence-electron chi connectivity index (χ4n) is 2.72. The molecule has 2 aliphatic heterocycles. The van der Waals surface area contributed by atoms with Gasteiger partial charge < -0.3 is 9.47 Å². The van der Waals surface area contributed by atoms with Crippen LogP contribution in [0.15, 0.2) is 0 Å². The lowest BCUT2D eigenvalue weighted by Crippen LogP contribution is -2.43. The molecule has 18 heavy (non-hydrogen) atoms. The first-order valence-corrected chi connectivity index (χ1v) is 7.24. The average molecular weight is 255 g/mol. The van der Waals surface area contributed by atoms with Gasteiger partial charge >= 0.3 is 0 Å². The van der Waals surface area contributed by atoms with Crippen molar-refractivity contribution in [3.8, 4) is 0 Å². The van der Waals surface area contributed by atoms with Gasteiger partial charge in [0.2, 0.25) is 0 Å². The standard InChI is InChI=1S/C14H25NO3/c1-2-7-18-13-4-3-6-15(9-13)10-14(16)12-5-8-17-11-12/h12-13H,2-11H2,1H3. The number of carbonyl (C=O) groups excluding carboxylic acids is 1. The first-order chi connectivity index (χ1) is 8.79. The van der Waals surface area contributed by atoms with Crippen molar-refractivity contribution < 1.29 is 14.3 Å². The Morgan fingerprint density at radius 3 is 3.06 bits per heavy atom. The molecule has 0 spiro atoms. The Balaban J connectivity index is 1.72. The number of rotatable bonds is 6. The molecule has 0 aromatic heterocycles. The monoisotopic (exact) mass is 255 g/mol. The van der Waals surface area contributed by atoms with Crippen molar-refractivity contribution in [2.75, 3.05) is 39.5 Å². The van der Waals surface area contributed by atoms with Crippen molar-refractivity contribution in [1.82, 2.24) is 4.90 Å². The van der Waals surface area contributed by atoms with E-state index in [1.807, 2.05) is 0 Å². The maximum Gasteiger partial charge on any atom is 0.152 e. The number of piperidine rings is 1. The van der Waals surface area contributed by atoms with Crippen molar-refractivity contribution in [2.24, 2.45) is 5.92 Å². The summed E-state index contributed by atoms with van der Waals surface area (Å²) in [4.78, 5) is 14.3. The van der Waals surface area contributed by atoms with Crippen molar-refractivity contribution in [3.63, 3.8) is 0 Å². The average Bonchev–Trinajstić information content (AvgIpc) is 2.91. The largest absolute Gasteiger partial charge is 0.381 e. The van der Waals surface area contributed by atoms with Crippen LogP contribution in [0.3, 0.4) is 0 Å². The van der Waals surface area contributed by atoms with Gasteiger partial charge in [0.15, 0.2) is 5.78 Å². The summed E-state index contributed by atoms with van der Waals surface area (Å²) >= 11 is 0. The van der Waals surface area contributed by atoms with Crippen LogP contribution in [-0.4, -0.2) is 56.2 Å². The van der Waals surface area contributed by atoms with E-state index in [9.17, 15) is 4.79 Å². The Labute approximate surface area is 110 Å². The van der Waals surface area contributed by atoms with E-state index in [0.717, 1.165) is 52.0 Å². The van der Waals surface area contributed by atoms with Gasteiger partial charge in [-0.05, 0) is 32.2 Å². The normalized spacial score (nSPS) is 29.6. The third kappa shape index (κ3) is 4.04. The molecule has 2 aliphatic rings. The molecule has 2 rings (SSSR count). The molecule has 0 aromatic rings. The zero-order valence-electron chi connectivity index (χ0n) is 11.4.